The van der Waals surface area contributed by atoms with Crippen molar-refractivity contribution >= 4 is 54.0 Å². The third kappa shape index (κ3) is 13.3. The number of unbranched alkanes of at least 4 members (excludes halogenated alkanes) is 1. The Balaban J connectivity index is 5.12. The average Bonchev–Trinajstić information content (AvgIpc) is 2.77. The Bertz CT molecular complexity index is 669. The molecule has 0 bridgehead atoms. The molecule has 4 unspecified atom stereocenters. The SMILES string of the molecule is CSCCC(NC(=O)C(N)CCC(N)=O)C(=O)NC(CS)C(=O)NC(CCCCN)C(=O)O. The molecule has 0 saturated heterocycles. The molecule has 0 aliphatic heterocycles. The molecule has 0 aliphatic rings. The van der Waals surface area contributed by atoms with Gasteiger partial charge in [0.1, 0.15) is 18.1 Å². The lowest BCUT2D eigenvalue weighted by molar-refractivity contribution is -0.142. The van der Waals surface area contributed by atoms with E-state index < -0.39 is 53.8 Å². The second kappa shape index (κ2) is 17.4. The van der Waals surface area contributed by atoms with Crippen LogP contribution < -0.4 is 33.2 Å². The van der Waals surface area contributed by atoms with Gasteiger partial charge in [0.05, 0.1) is 6.04 Å². The Hall–Kier alpha value is -2.03. The molecule has 0 radical (unpaired) electrons. The number of aliphatic carboxylic acids is 1. The first-order valence-corrected chi connectivity index (χ1v) is 12.6. The van der Waals surface area contributed by atoms with Crippen molar-refractivity contribution in [2.24, 2.45) is 17.2 Å². The summed E-state index contributed by atoms with van der Waals surface area (Å²) in [7, 11) is 0. The summed E-state index contributed by atoms with van der Waals surface area (Å²) in [4.78, 5) is 60.0. The van der Waals surface area contributed by atoms with Gasteiger partial charge in [-0.1, -0.05) is 0 Å². The number of carboxylic acids is 1. The zero-order valence-corrected chi connectivity index (χ0v) is 20.5. The molecule has 10 N–H and O–H groups in total. The number of carbonyl (C=O) groups is 5. The minimum Gasteiger partial charge on any atom is -0.480 e. The molecule has 33 heavy (non-hydrogen) atoms. The molecule has 14 heteroatoms. The maximum atomic E-state index is 12.8. The number of carboxylic acid groups (broad SMARTS) is 1. The Morgan fingerprint density at radius 2 is 1.48 bits per heavy atom. The molecular formula is C19H36N6O6S2. The lowest BCUT2D eigenvalue weighted by atomic mass is 10.1. The van der Waals surface area contributed by atoms with Crippen LogP contribution in [0.1, 0.15) is 38.5 Å². The van der Waals surface area contributed by atoms with E-state index in [0.717, 1.165) is 0 Å². The van der Waals surface area contributed by atoms with Gasteiger partial charge in [0.2, 0.25) is 23.6 Å². The van der Waals surface area contributed by atoms with Crippen LogP contribution in [-0.2, 0) is 24.0 Å². The quantitative estimate of drug-likeness (QED) is 0.0751. The van der Waals surface area contributed by atoms with Gasteiger partial charge in [0.15, 0.2) is 0 Å². The van der Waals surface area contributed by atoms with Crippen LogP contribution in [0.25, 0.3) is 0 Å². The van der Waals surface area contributed by atoms with Crippen molar-refractivity contribution in [2.75, 3.05) is 24.3 Å². The molecule has 190 valence electrons. The van der Waals surface area contributed by atoms with Gasteiger partial charge in [-0.3, -0.25) is 19.2 Å². The highest BCUT2D eigenvalue weighted by Gasteiger charge is 2.29. The fraction of sp³-hybridized carbons (Fsp3) is 0.737. The summed E-state index contributed by atoms with van der Waals surface area (Å²) in [6.45, 7) is 0.408. The van der Waals surface area contributed by atoms with E-state index in [1.54, 1.807) is 0 Å². The summed E-state index contributed by atoms with van der Waals surface area (Å²) in [6, 6.07) is -4.26. The fourth-order valence-electron chi connectivity index (χ4n) is 2.70. The molecule has 0 rings (SSSR count). The summed E-state index contributed by atoms with van der Waals surface area (Å²) in [5, 5.41) is 16.8. The molecule has 0 fully saturated rings. The number of nitrogens with one attached hydrogen (secondary N) is 3. The minimum absolute atomic E-state index is 0.0282. The second-order valence-electron chi connectivity index (χ2n) is 7.38. The van der Waals surface area contributed by atoms with Crippen LogP contribution in [0.4, 0.5) is 0 Å². The topological polar surface area (TPSA) is 220 Å². The number of hydrogen-bond donors (Lipinski definition) is 8. The highest BCUT2D eigenvalue weighted by molar-refractivity contribution is 7.98. The van der Waals surface area contributed by atoms with Crippen molar-refractivity contribution in [3.63, 3.8) is 0 Å². The lowest BCUT2D eigenvalue weighted by Crippen LogP contribution is -2.57. The van der Waals surface area contributed by atoms with Crippen molar-refractivity contribution in [3.8, 4) is 0 Å². The van der Waals surface area contributed by atoms with E-state index in [4.69, 9.17) is 17.2 Å². The number of primary amides is 1. The first-order chi connectivity index (χ1) is 15.6. The monoisotopic (exact) mass is 508 g/mol. The smallest absolute Gasteiger partial charge is 0.326 e. The highest BCUT2D eigenvalue weighted by atomic mass is 32.2. The van der Waals surface area contributed by atoms with Crippen molar-refractivity contribution in [1.82, 2.24) is 16.0 Å². The number of nitrogens with two attached hydrogens (primary N) is 3. The van der Waals surface area contributed by atoms with Crippen LogP contribution in [0.2, 0.25) is 0 Å². The number of hydrogen-bond acceptors (Lipinski definition) is 9. The lowest BCUT2D eigenvalue weighted by Gasteiger charge is -2.24. The average molecular weight is 509 g/mol. The molecule has 0 saturated carbocycles. The largest absolute Gasteiger partial charge is 0.480 e. The summed E-state index contributed by atoms with van der Waals surface area (Å²) < 4.78 is 0. The number of amides is 4. The van der Waals surface area contributed by atoms with E-state index in [-0.39, 0.29) is 31.4 Å². The van der Waals surface area contributed by atoms with E-state index in [0.29, 0.717) is 25.1 Å². The van der Waals surface area contributed by atoms with Gasteiger partial charge in [0, 0.05) is 12.2 Å². The van der Waals surface area contributed by atoms with E-state index in [9.17, 15) is 29.1 Å². The number of thioether (sulfide) groups is 1. The molecule has 0 heterocycles. The Labute approximate surface area is 203 Å². The standard InChI is InChI=1S/C19H36N6O6S2/c1-33-9-7-12(23-16(27)11(21)5-6-15(22)26)17(28)25-14(10-32)18(29)24-13(19(30)31)4-2-3-8-20/h11-14,32H,2-10,20-21H2,1H3,(H2,22,26)(H,23,27)(H,24,29)(H,25,28)(H,30,31). The molecule has 0 aromatic heterocycles. The third-order valence-corrected chi connectivity index (χ3v) is 5.67. The van der Waals surface area contributed by atoms with Crippen LogP contribution in [-0.4, -0.2) is 83.2 Å². The van der Waals surface area contributed by atoms with Crippen molar-refractivity contribution < 1.29 is 29.1 Å². The number of carbonyl (C=O) groups excluding carboxylic acids is 4. The predicted octanol–water partition coefficient (Wildman–Crippen LogP) is -2.07. The second-order valence-corrected chi connectivity index (χ2v) is 8.73. The van der Waals surface area contributed by atoms with Gasteiger partial charge < -0.3 is 38.3 Å². The van der Waals surface area contributed by atoms with Gasteiger partial charge in [0.25, 0.3) is 0 Å². The summed E-state index contributed by atoms with van der Waals surface area (Å²) in [6.07, 6.45) is 3.38. The zero-order chi connectivity index (χ0) is 25.4. The minimum atomic E-state index is -1.19. The van der Waals surface area contributed by atoms with E-state index in [2.05, 4.69) is 28.6 Å². The van der Waals surface area contributed by atoms with E-state index >= 15 is 0 Å². The maximum Gasteiger partial charge on any atom is 0.326 e. The normalized spacial score (nSPS) is 14.4. The van der Waals surface area contributed by atoms with Gasteiger partial charge >= 0.3 is 5.97 Å². The Morgan fingerprint density at radius 3 is 2.00 bits per heavy atom. The molecule has 0 spiro atoms. The first-order valence-electron chi connectivity index (χ1n) is 10.5. The predicted molar refractivity (Wildman–Crippen MR) is 130 cm³/mol. The summed E-state index contributed by atoms with van der Waals surface area (Å²) in [5.74, 6) is -3.31. The molecule has 12 nitrogen and oxygen atoms in total. The zero-order valence-electron chi connectivity index (χ0n) is 18.7. The van der Waals surface area contributed by atoms with Crippen LogP contribution >= 0.6 is 24.4 Å². The maximum absolute atomic E-state index is 12.8. The van der Waals surface area contributed by atoms with Gasteiger partial charge in [-0.05, 0) is 50.7 Å². The molecule has 4 amide bonds. The first kappa shape index (κ1) is 31.0. The highest BCUT2D eigenvalue weighted by Crippen LogP contribution is 2.05. The van der Waals surface area contributed by atoms with Crippen molar-refractivity contribution in [1.29, 1.82) is 0 Å². The molecular weight excluding hydrogens is 472 g/mol. The van der Waals surface area contributed by atoms with Crippen LogP contribution in [0, 0.1) is 0 Å². The Kier molecular flexibility index (Phi) is 16.4. The van der Waals surface area contributed by atoms with Gasteiger partial charge in [-0.15, -0.1) is 0 Å². The van der Waals surface area contributed by atoms with E-state index in [1.165, 1.54) is 11.8 Å². The van der Waals surface area contributed by atoms with Crippen molar-refractivity contribution in [3.05, 3.63) is 0 Å². The summed E-state index contributed by atoms with van der Waals surface area (Å²) in [5.41, 5.74) is 16.2. The molecule has 0 aliphatic carbocycles. The van der Waals surface area contributed by atoms with E-state index in [1.807, 2.05) is 6.26 Å². The van der Waals surface area contributed by atoms with Crippen molar-refractivity contribution in [2.45, 2.75) is 62.7 Å². The van der Waals surface area contributed by atoms with Gasteiger partial charge in [-0.25, -0.2) is 4.79 Å². The molecule has 0 aromatic rings. The third-order valence-electron chi connectivity index (χ3n) is 4.66. The van der Waals surface area contributed by atoms with Crippen LogP contribution in [0.15, 0.2) is 0 Å². The number of thiol groups is 1. The van der Waals surface area contributed by atoms with Crippen LogP contribution in [0.3, 0.4) is 0 Å². The molecule has 4 atom stereocenters. The fourth-order valence-corrected chi connectivity index (χ4v) is 3.43. The number of rotatable bonds is 18. The van der Waals surface area contributed by atoms with Crippen LogP contribution in [0.5, 0.6) is 0 Å². The van der Waals surface area contributed by atoms with Gasteiger partial charge in [-0.2, -0.15) is 24.4 Å². The summed E-state index contributed by atoms with van der Waals surface area (Å²) >= 11 is 5.54. The Morgan fingerprint density at radius 1 is 0.909 bits per heavy atom. The molecule has 0 aromatic carbocycles.